The van der Waals surface area contributed by atoms with Gasteiger partial charge in [0, 0.05) is 33.9 Å². The van der Waals surface area contributed by atoms with Gasteiger partial charge in [0.05, 0.1) is 10.2 Å². The van der Waals surface area contributed by atoms with Gasteiger partial charge >= 0.3 is 0 Å². The second-order valence-corrected chi connectivity index (χ2v) is 4.99. The SMILES string of the molecule is COC(C)(OC)C([SiH3])(OC)C(N)CN. The summed E-state index contributed by atoms with van der Waals surface area (Å²) in [7, 11) is 5.39. The van der Waals surface area contributed by atoms with Crippen LogP contribution < -0.4 is 11.5 Å². The van der Waals surface area contributed by atoms with Crippen molar-refractivity contribution in [1.82, 2.24) is 0 Å². The maximum atomic E-state index is 5.92. The zero-order chi connectivity index (χ0) is 11.4. The molecule has 0 spiro atoms. The average molecular weight is 222 g/mol. The maximum absolute atomic E-state index is 5.92. The van der Waals surface area contributed by atoms with Crippen molar-refractivity contribution in [1.29, 1.82) is 0 Å². The van der Waals surface area contributed by atoms with Crippen LogP contribution in [0.4, 0.5) is 0 Å². The van der Waals surface area contributed by atoms with Crippen LogP contribution in [0.2, 0.25) is 0 Å². The lowest BCUT2D eigenvalue weighted by Gasteiger charge is -2.46. The standard InChI is InChI=1S/C8H22N2O3Si/c1-7(11-2,12-3)8(14,13-4)6(10)5-9/h6H,5,9-10H2,1-4,14H3. The second-order valence-electron chi connectivity index (χ2n) is 3.51. The van der Waals surface area contributed by atoms with E-state index in [1.54, 1.807) is 28.3 Å². The minimum Gasteiger partial charge on any atom is -0.376 e. The van der Waals surface area contributed by atoms with Crippen LogP contribution in [0.5, 0.6) is 0 Å². The summed E-state index contributed by atoms with van der Waals surface area (Å²) in [6, 6.07) is -0.302. The molecule has 0 saturated heterocycles. The summed E-state index contributed by atoms with van der Waals surface area (Å²) < 4.78 is 16.1. The molecule has 0 saturated carbocycles. The first-order chi connectivity index (χ1) is 6.41. The van der Waals surface area contributed by atoms with Crippen LogP contribution in [0.25, 0.3) is 0 Å². The predicted molar refractivity (Wildman–Crippen MR) is 59.1 cm³/mol. The lowest BCUT2D eigenvalue weighted by Crippen LogP contribution is -2.67. The fraction of sp³-hybridized carbons (Fsp3) is 1.00. The second kappa shape index (κ2) is 5.20. The largest absolute Gasteiger partial charge is 0.376 e. The summed E-state index contributed by atoms with van der Waals surface area (Å²) in [5.41, 5.74) is 11.5. The van der Waals surface area contributed by atoms with E-state index in [9.17, 15) is 0 Å². The Kier molecular flexibility index (Phi) is 5.20. The smallest absolute Gasteiger partial charge is 0.191 e. The van der Waals surface area contributed by atoms with E-state index < -0.39 is 11.0 Å². The Morgan fingerprint density at radius 3 is 1.86 bits per heavy atom. The molecule has 4 N–H and O–H groups in total. The van der Waals surface area contributed by atoms with Crippen molar-refractivity contribution in [3.8, 4) is 0 Å². The molecule has 0 bridgehead atoms. The van der Waals surface area contributed by atoms with Gasteiger partial charge in [-0.15, -0.1) is 0 Å². The van der Waals surface area contributed by atoms with Gasteiger partial charge in [0.15, 0.2) is 5.79 Å². The van der Waals surface area contributed by atoms with Gasteiger partial charge in [-0.3, -0.25) is 0 Å². The van der Waals surface area contributed by atoms with Crippen molar-refractivity contribution >= 4 is 10.2 Å². The lowest BCUT2D eigenvalue weighted by molar-refractivity contribution is -0.274. The molecule has 0 radical (unpaired) electrons. The number of ether oxygens (including phenoxy) is 3. The van der Waals surface area contributed by atoms with Crippen LogP contribution in [-0.4, -0.2) is 55.2 Å². The van der Waals surface area contributed by atoms with E-state index in [0.717, 1.165) is 0 Å². The lowest BCUT2D eigenvalue weighted by atomic mass is 10.0. The third-order valence-corrected chi connectivity index (χ3v) is 5.12. The van der Waals surface area contributed by atoms with Gasteiger partial charge in [-0.1, -0.05) is 0 Å². The zero-order valence-electron chi connectivity index (χ0n) is 9.66. The van der Waals surface area contributed by atoms with Crippen LogP contribution >= 0.6 is 0 Å². The van der Waals surface area contributed by atoms with Gasteiger partial charge in [-0.25, -0.2) is 0 Å². The normalized spacial score (nSPS) is 19.3. The van der Waals surface area contributed by atoms with Gasteiger partial charge in [0.2, 0.25) is 0 Å². The highest BCUT2D eigenvalue weighted by molar-refractivity contribution is 6.16. The molecule has 0 aromatic carbocycles. The third-order valence-electron chi connectivity index (χ3n) is 3.07. The summed E-state index contributed by atoms with van der Waals surface area (Å²) in [5, 5.41) is -0.648. The van der Waals surface area contributed by atoms with Crippen molar-refractivity contribution in [2.45, 2.75) is 24.0 Å². The third kappa shape index (κ3) is 2.15. The van der Waals surface area contributed by atoms with Crippen LogP contribution in [0, 0.1) is 0 Å². The Hall–Kier alpha value is 0.0169. The van der Waals surface area contributed by atoms with Crippen molar-refractivity contribution in [3.05, 3.63) is 0 Å². The molecule has 0 heterocycles. The molecule has 5 nitrogen and oxygen atoms in total. The molecule has 0 rings (SSSR count). The molecular formula is C8H22N2O3Si. The quantitative estimate of drug-likeness (QED) is 0.401. The summed E-state index contributed by atoms with van der Waals surface area (Å²) >= 11 is 0. The van der Waals surface area contributed by atoms with Crippen molar-refractivity contribution in [3.63, 3.8) is 0 Å². The molecule has 86 valence electrons. The first-order valence-electron chi connectivity index (χ1n) is 4.53. The Morgan fingerprint density at radius 2 is 1.64 bits per heavy atom. The highest BCUT2D eigenvalue weighted by Crippen LogP contribution is 2.29. The molecule has 0 aliphatic rings. The van der Waals surface area contributed by atoms with Crippen molar-refractivity contribution in [2.24, 2.45) is 11.5 Å². The Bertz CT molecular complexity index is 178. The van der Waals surface area contributed by atoms with Gasteiger partial charge in [-0.05, 0) is 6.92 Å². The predicted octanol–water partition coefficient (Wildman–Crippen LogP) is -2.01. The first-order valence-corrected chi connectivity index (χ1v) is 5.53. The summed E-state index contributed by atoms with van der Waals surface area (Å²) in [6.07, 6.45) is 0. The number of nitrogens with two attached hydrogens (primary N) is 2. The molecule has 0 aliphatic heterocycles. The molecular weight excluding hydrogens is 200 g/mol. The molecule has 0 aliphatic carbocycles. The number of hydrogen-bond acceptors (Lipinski definition) is 5. The highest BCUT2D eigenvalue weighted by atomic mass is 28.1. The molecule has 0 aromatic heterocycles. The first kappa shape index (κ1) is 14.0. The minimum atomic E-state index is -0.854. The summed E-state index contributed by atoms with van der Waals surface area (Å²) in [6.45, 7) is 2.14. The van der Waals surface area contributed by atoms with E-state index in [0.29, 0.717) is 16.8 Å². The minimum absolute atomic E-state index is 0.302. The van der Waals surface area contributed by atoms with Gasteiger partial charge in [-0.2, -0.15) is 0 Å². The van der Waals surface area contributed by atoms with Crippen LogP contribution in [-0.2, 0) is 14.2 Å². The number of hydrogen-bond donors (Lipinski definition) is 2. The van der Waals surface area contributed by atoms with Gasteiger partial charge in [0.1, 0.15) is 5.22 Å². The maximum Gasteiger partial charge on any atom is 0.191 e. The monoisotopic (exact) mass is 222 g/mol. The molecule has 0 fully saturated rings. The highest BCUT2D eigenvalue weighted by Gasteiger charge is 2.49. The van der Waals surface area contributed by atoms with Crippen LogP contribution in [0.15, 0.2) is 0 Å². The number of methoxy groups -OCH3 is 3. The van der Waals surface area contributed by atoms with Crippen LogP contribution in [0.1, 0.15) is 6.92 Å². The van der Waals surface area contributed by atoms with E-state index in [1.165, 1.54) is 0 Å². The fourth-order valence-corrected chi connectivity index (χ4v) is 2.03. The Labute approximate surface area is 88.5 Å². The van der Waals surface area contributed by atoms with E-state index in [-0.39, 0.29) is 6.04 Å². The molecule has 0 aromatic rings. The van der Waals surface area contributed by atoms with Gasteiger partial charge < -0.3 is 25.7 Å². The molecule has 2 unspecified atom stereocenters. The summed E-state index contributed by atoms with van der Waals surface area (Å²) in [4.78, 5) is 0. The molecule has 0 amide bonds. The van der Waals surface area contributed by atoms with E-state index in [2.05, 4.69) is 0 Å². The number of rotatable bonds is 6. The van der Waals surface area contributed by atoms with E-state index in [4.69, 9.17) is 25.7 Å². The Morgan fingerprint density at radius 1 is 1.21 bits per heavy atom. The zero-order valence-corrected chi connectivity index (χ0v) is 11.7. The fourth-order valence-electron chi connectivity index (χ4n) is 1.39. The van der Waals surface area contributed by atoms with Gasteiger partial charge in [0.25, 0.3) is 0 Å². The van der Waals surface area contributed by atoms with Crippen molar-refractivity contribution in [2.75, 3.05) is 27.9 Å². The van der Waals surface area contributed by atoms with E-state index in [1.807, 2.05) is 0 Å². The molecule has 6 heteroatoms. The molecule has 2 atom stereocenters. The molecule has 14 heavy (non-hydrogen) atoms. The Balaban J connectivity index is 4.99. The van der Waals surface area contributed by atoms with Crippen LogP contribution in [0.3, 0.4) is 0 Å². The topological polar surface area (TPSA) is 79.7 Å². The van der Waals surface area contributed by atoms with E-state index >= 15 is 0 Å². The summed E-state index contributed by atoms with van der Waals surface area (Å²) in [5.74, 6) is -0.854. The van der Waals surface area contributed by atoms with Crippen molar-refractivity contribution < 1.29 is 14.2 Å². The average Bonchev–Trinajstić information content (AvgIpc) is 2.25.